The maximum atomic E-state index is 12.2. The van der Waals surface area contributed by atoms with E-state index in [-0.39, 0.29) is 23.6 Å². The first-order chi connectivity index (χ1) is 9.08. The minimum Gasteiger partial charge on any atom is -0.347 e. The predicted octanol–water partition coefficient (Wildman–Crippen LogP) is 1.74. The van der Waals surface area contributed by atoms with Gasteiger partial charge in [-0.3, -0.25) is 4.79 Å². The van der Waals surface area contributed by atoms with Crippen molar-refractivity contribution in [3.05, 3.63) is 22.7 Å². The Kier molecular flexibility index (Phi) is 4.71. The third-order valence-corrected chi connectivity index (χ3v) is 3.40. The number of hydrogen-bond acceptors (Lipinski definition) is 4. The Hall–Kier alpha value is -1.20. The number of aromatic nitrogens is 2. The van der Waals surface area contributed by atoms with Crippen molar-refractivity contribution in [3.63, 3.8) is 0 Å². The van der Waals surface area contributed by atoms with Gasteiger partial charge in [-0.15, -0.1) is 0 Å². The molecule has 0 bridgehead atoms. The van der Waals surface area contributed by atoms with E-state index in [4.69, 9.17) is 11.6 Å². The highest BCUT2D eigenvalue weighted by Crippen LogP contribution is 2.16. The summed E-state index contributed by atoms with van der Waals surface area (Å²) in [6.07, 6.45) is 3.55. The van der Waals surface area contributed by atoms with Gasteiger partial charge >= 0.3 is 0 Å². The van der Waals surface area contributed by atoms with Gasteiger partial charge in [0, 0.05) is 18.5 Å². The molecule has 1 atom stereocenters. The fourth-order valence-corrected chi connectivity index (χ4v) is 2.22. The Morgan fingerprint density at radius 1 is 1.58 bits per heavy atom. The van der Waals surface area contributed by atoms with Crippen LogP contribution in [-0.4, -0.2) is 35.0 Å². The van der Waals surface area contributed by atoms with Crippen LogP contribution in [0.4, 0.5) is 0 Å². The van der Waals surface area contributed by atoms with Gasteiger partial charge in [-0.1, -0.05) is 25.4 Å². The third kappa shape index (κ3) is 3.64. The maximum Gasteiger partial charge on any atom is 0.271 e. The van der Waals surface area contributed by atoms with E-state index in [2.05, 4.69) is 20.6 Å². The molecule has 2 rings (SSSR count). The second-order valence-corrected chi connectivity index (χ2v) is 5.50. The Balaban J connectivity index is 2.11. The standard InChI is InChI=1S/C13H19ClN4O/c1-8(2)12-16-7-10(14)11(18-12)13(19)17-9-4-3-5-15-6-9/h7-9,15H,3-6H2,1-2H3,(H,17,19)/t9-/m0/s1. The van der Waals surface area contributed by atoms with Crippen molar-refractivity contribution >= 4 is 17.5 Å². The van der Waals surface area contributed by atoms with E-state index in [1.54, 1.807) is 0 Å². The van der Waals surface area contributed by atoms with Crippen molar-refractivity contribution in [2.24, 2.45) is 0 Å². The number of nitrogens with one attached hydrogen (secondary N) is 2. The predicted molar refractivity (Wildman–Crippen MR) is 74.5 cm³/mol. The summed E-state index contributed by atoms with van der Waals surface area (Å²) in [7, 11) is 0. The smallest absolute Gasteiger partial charge is 0.271 e. The average molecular weight is 283 g/mol. The molecule has 2 N–H and O–H groups in total. The molecule has 1 saturated heterocycles. The minimum absolute atomic E-state index is 0.148. The first-order valence-corrected chi connectivity index (χ1v) is 6.99. The molecule has 1 aliphatic rings. The Labute approximate surface area is 118 Å². The van der Waals surface area contributed by atoms with Crippen LogP contribution in [0.1, 0.15) is 48.9 Å². The Bertz CT molecular complexity index is 458. The van der Waals surface area contributed by atoms with Gasteiger partial charge in [-0.05, 0) is 19.4 Å². The SMILES string of the molecule is CC(C)c1ncc(Cl)c(C(=O)N[C@H]2CCCNC2)n1. The molecule has 0 aromatic carbocycles. The monoisotopic (exact) mass is 282 g/mol. The third-order valence-electron chi connectivity index (χ3n) is 3.13. The van der Waals surface area contributed by atoms with Gasteiger partial charge < -0.3 is 10.6 Å². The highest BCUT2D eigenvalue weighted by atomic mass is 35.5. The first-order valence-electron chi connectivity index (χ1n) is 6.62. The molecule has 1 aromatic heterocycles. The van der Waals surface area contributed by atoms with Gasteiger partial charge in [0.15, 0.2) is 0 Å². The van der Waals surface area contributed by atoms with Crippen molar-refractivity contribution in [2.45, 2.75) is 38.6 Å². The zero-order valence-corrected chi connectivity index (χ0v) is 12.0. The first kappa shape index (κ1) is 14.2. The van der Waals surface area contributed by atoms with Crippen molar-refractivity contribution in [1.82, 2.24) is 20.6 Å². The van der Waals surface area contributed by atoms with Crippen LogP contribution in [0.5, 0.6) is 0 Å². The summed E-state index contributed by atoms with van der Waals surface area (Å²) >= 11 is 6.01. The second kappa shape index (κ2) is 6.30. The van der Waals surface area contributed by atoms with Gasteiger partial charge in [-0.25, -0.2) is 9.97 Å². The summed E-state index contributed by atoms with van der Waals surface area (Å²) in [5.74, 6) is 0.583. The maximum absolute atomic E-state index is 12.2. The Morgan fingerprint density at radius 2 is 2.37 bits per heavy atom. The highest BCUT2D eigenvalue weighted by molar-refractivity contribution is 6.33. The summed E-state index contributed by atoms with van der Waals surface area (Å²) in [6, 6.07) is 0.148. The van der Waals surface area contributed by atoms with Gasteiger partial charge in [0.25, 0.3) is 5.91 Å². The van der Waals surface area contributed by atoms with Crippen LogP contribution < -0.4 is 10.6 Å². The number of carbonyl (C=O) groups excluding carboxylic acids is 1. The molecule has 0 spiro atoms. The van der Waals surface area contributed by atoms with Gasteiger partial charge in [0.05, 0.1) is 11.2 Å². The summed E-state index contributed by atoms with van der Waals surface area (Å²) in [5, 5.41) is 6.52. The normalized spacial score (nSPS) is 19.5. The van der Waals surface area contributed by atoms with E-state index >= 15 is 0 Å². The molecular formula is C13H19ClN4O. The van der Waals surface area contributed by atoms with Crippen LogP contribution in [0.2, 0.25) is 5.02 Å². The fourth-order valence-electron chi connectivity index (χ4n) is 2.05. The van der Waals surface area contributed by atoms with E-state index in [1.165, 1.54) is 6.20 Å². The molecule has 1 aliphatic heterocycles. The lowest BCUT2D eigenvalue weighted by molar-refractivity contribution is 0.0925. The molecule has 104 valence electrons. The number of piperidine rings is 1. The molecule has 1 aromatic rings. The van der Waals surface area contributed by atoms with Crippen LogP contribution in [-0.2, 0) is 0 Å². The number of nitrogens with zero attached hydrogens (tertiary/aromatic N) is 2. The Morgan fingerprint density at radius 3 is 3.00 bits per heavy atom. The lowest BCUT2D eigenvalue weighted by Crippen LogP contribution is -2.45. The van der Waals surface area contributed by atoms with Crippen molar-refractivity contribution in [1.29, 1.82) is 0 Å². The number of carbonyl (C=O) groups is 1. The number of rotatable bonds is 3. The molecule has 0 saturated carbocycles. The molecule has 0 radical (unpaired) electrons. The van der Waals surface area contributed by atoms with E-state index in [9.17, 15) is 4.79 Å². The summed E-state index contributed by atoms with van der Waals surface area (Å²) in [4.78, 5) is 20.6. The quantitative estimate of drug-likeness (QED) is 0.886. The average Bonchev–Trinajstić information content (AvgIpc) is 2.40. The van der Waals surface area contributed by atoms with Crippen LogP contribution >= 0.6 is 11.6 Å². The summed E-state index contributed by atoms with van der Waals surface area (Å²) < 4.78 is 0. The van der Waals surface area contributed by atoms with Crippen molar-refractivity contribution in [3.8, 4) is 0 Å². The molecule has 5 nitrogen and oxygen atoms in total. The van der Waals surface area contributed by atoms with Crippen LogP contribution in [0, 0.1) is 0 Å². The fraction of sp³-hybridized carbons (Fsp3) is 0.615. The molecule has 6 heteroatoms. The number of halogens is 1. The molecule has 2 heterocycles. The molecule has 0 unspecified atom stereocenters. The summed E-state index contributed by atoms with van der Waals surface area (Å²) in [5.41, 5.74) is 0.269. The van der Waals surface area contributed by atoms with E-state index in [0.29, 0.717) is 10.8 Å². The molecule has 0 aliphatic carbocycles. The lowest BCUT2D eigenvalue weighted by atomic mass is 10.1. The van der Waals surface area contributed by atoms with E-state index in [0.717, 1.165) is 25.9 Å². The largest absolute Gasteiger partial charge is 0.347 e. The van der Waals surface area contributed by atoms with Crippen molar-refractivity contribution < 1.29 is 4.79 Å². The van der Waals surface area contributed by atoms with Crippen LogP contribution in [0.3, 0.4) is 0 Å². The summed E-state index contributed by atoms with van der Waals surface area (Å²) in [6.45, 7) is 5.77. The molecule has 19 heavy (non-hydrogen) atoms. The highest BCUT2D eigenvalue weighted by Gasteiger charge is 2.20. The topological polar surface area (TPSA) is 66.9 Å². The van der Waals surface area contributed by atoms with Crippen LogP contribution in [0.25, 0.3) is 0 Å². The van der Waals surface area contributed by atoms with Gasteiger partial charge in [0.2, 0.25) is 0 Å². The number of hydrogen-bond donors (Lipinski definition) is 2. The zero-order valence-electron chi connectivity index (χ0n) is 11.2. The van der Waals surface area contributed by atoms with Gasteiger partial charge in [0.1, 0.15) is 11.5 Å². The zero-order chi connectivity index (χ0) is 13.8. The van der Waals surface area contributed by atoms with Crippen molar-refractivity contribution in [2.75, 3.05) is 13.1 Å². The minimum atomic E-state index is -0.219. The van der Waals surface area contributed by atoms with Gasteiger partial charge in [-0.2, -0.15) is 0 Å². The molecular weight excluding hydrogens is 264 g/mol. The molecule has 1 amide bonds. The second-order valence-electron chi connectivity index (χ2n) is 5.10. The molecule has 1 fully saturated rings. The van der Waals surface area contributed by atoms with Crippen LogP contribution in [0.15, 0.2) is 6.20 Å². The van der Waals surface area contributed by atoms with E-state index < -0.39 is 0 Å². The number of amides is 1. The lowest BCUT2D eigenvalue weighted by Gasteiger charge is -2.23. The van der Waals surface area contributed by atoms with E-state index in [1.807, 2.05) is 13.8 Å².